The molecular formula is C9H15N2+. The number of hydrogen-bond donors (Lipinski definition) is 1. The van der Waals surface area contributed by atoms with E-state index in [2.05, 4.69) is 18.5 Å². The topological polar surface area (TPSA) is 19.7 Å². The van der Waals surface area contributed by atoms with Crippen LogP contribution in [0.1, 0.15) is 25.6 Å². The van der Waals surface area contributed by atoms with Gasteiger partial charge in [0, 0.05) is 6.42 Å². The molecule has 2 nitrogen and oxygen atoms in total. The number of unbranched alkanes of at least 4 members (excludes halogenated alkanes) is 1. The lowest BCUT2D eigenvalue weighted by molar-refractivity contribution is -0.575. The van der Waals surface area contributed by atoms with E-state index in [0.717, 1.165) is 6.42 Å². The van der Waals surface area contributed by atoms with Crippen molar-refractivity contribution < 1.29 is 4.57 Å². The molecule has 0 saturated carbocycles. The highest BCUT2D eigenvalue weighted by molar-refractivity contribution is 4.97. The summed E-state index contributed by atoms with van der Waals surface area (Å²) < 4.78 is 2.02. The number of aromatic amines is 1. The number of hydrogen-bond acceptors (Lipinski definition) is 0. The molecule has 1 aromatic heterocycles. The Bertz CT molecular complexity index is 225. The molecule has 0 radical (unpaired) electrons. The molecule has 1 aromatic rings. The molecule has 1 rings (SSSR count). The first kappa shape index (κ1) is 8.05. The molecule has 0 bridgehead atoms. The van der Waals surface area contributed by atoms with Gasteiger partial charge in [-0.1, -0.05) is 19.9 Å². The molecule has 0 aromatic carbocycles. The van der Waals surface area contributed by atoms with Gasteiger partial charge in [0.25, 0.3) is 5.82 Å². The Kier molecular flexibility index (Phi) is 2.90. The molecule has 0 fully saturated rings. The summed E-state index contributed by atoms with van der Waals surface area (Å²) in [5.41, 5.74) is 0. The third-order valence-corrected chi connectivity index (χ3v) is 1.76. The number of nitrogens with zero attached hydrogens (tertiary/aromatic N) is 1. The van der Waals surface area contributed by atoms with Gasteiger partial charge in [-0.2, -0.15) is 0 Å². The summed E-state index contributed by atoms with van der Waals surface area (Å²) in [7, 11) is 0. The Morgan fingerprint density at radius 3 is 3.18 bits per heavy atom. The van der Waals surface area contributed by atoms with Crippen molar-refractivity contribution in [3.05, 3.63) is 24.8 Å². The summed E-state index contributed by atoms with van der Waals surface area (Å²) in [5, 5.41) is 0. The number of H-pyrrole nitrogens is 1. The quantitative estimate of drug-likeness (QED) is 0.632. The maximum atomic E-state index is 3.71. The van der Waals surface area contributed by atoms with Crippen molar-refractivity contribution in [3.63, 3.8) is 0 Å². The third kappa shape index (κ3) is 1.93. The number of nitrogens with one attached hydrogen (secondary N) is 1. The van der Waals surface area contributed by atoms with Crippen molar-refractivity contribution >= 4 is 6.20 Å². The first-order valence-corrected chi connectivity index (χ1v) is 4.08. The molecule has 1 heterocycles. The second kappa shape index (κ2) is 3.96. The lowest BCUT2D eigenvalue weighted by Crippen LogP contribution is -2.27. The summed E-state index contributed by atoms with van der Waals surface area (Å²) in [6.07, 6.45) is 9.31. The number of aromatic nitrogens is 2. The molecule has 2 heteroatoms. The van der Waals surface area contributed by atoms with Crippen molar-refractivity contribution in [2.45, 2.75) is 26.2 Å². The van der Waals surface area contributed by atoms with Crippen molar-refractivity contribution in [1.29, 1.82) is 0 Å². The van der Waals surface area contributed by atoms with Crippen molar-refractivity contribution in [2.75, 3.05) is 0 Å². The van der Waals surface area contributed by atoms with Crippen LogP contribution in [0.25, 0.3) is 6.20 Å². The van der Waals surface area contributed by atoms with Crippen LogP contribution >= 0.6 is 0 Å². The monoisotopic (exact) mass is 151 g/mol. The van der Waals surface area contributed by atoms with E-state index < -0.39 is 0 Å². The Morgan fingerprint density at radius 2 is 2.55 bits per heavy atom. The lowest BCUT2D eigenvalue weighted by Gasteiger charge is -1.91. The summed E-state index contributed by atoms with van der Waals surface area (Å²) in [5.74, 6) is 1.24. The fourth-order valence-electron chi connectivity index (χ4n) is 1.09. The molecule has 1 N–H and O–H groups in total. The molecular weight excluding hydrogens is 136 g/mol. The van der Waals surface area contributed by atoms with E-state index >= 15 is 0 Å². The predicted molar refractivity (Wildman–Crippen MR) is 46.0 cm³/mol. The fourth-order valence-corrected chi connectivity index (χ4v) is 1.09. The number of imidazole rings is 1. The Hall–Kier alpha value is -1.05. The highest BCUT2D eigenvalue weighted by atomic mass is 15.0. The number of aryl methyl sites for hydroxylation is 1. The average Bonchev–Trinajstić information content (AvgIpc) is 2.47. The van der Waals surface area contributed by atoms with Gasteiger partial charge in [0.15, 0.2) is 0 Å². The Morgan fingerprint density at radius 1 is 1.73 bits per heavy atom. The zero-order valence-corrected chi connectivity index (χ0v) is 7.01. The van der Waals surface area contributed by atoms with Gasteiger partial charge < -0.3 is 0 Å². The minimum atomic E-state index is 1.11. The maximum Gasteiger partial charge on any atom is 0.258 e. The third-order valence-electron chi connectivity index (χ3n) is 1.76. The minimum absolute atomic E-state index is 1.11. The van der Waals surface area contributed by atoms with Gasteiger partial charge in [-0.3, -0.25) is 0 Å². The molecule has 0 spiro atoms. The highest BCUT2D eigenvalue weighted by Crippen LogP contribution is 1.95. The summed E-state index contributed by atoms with van der Waals surface area (Å²) >= 11 is 0. The normalized spacial score (nSPS) is 9.91. The van der Waals surface area contributed by atoms with Crippen LogP contribution in [0, 0.1) is 0 Å². The van der Waals surface area contributed by atoms with Gasteiger partial charge >= 0.3 is 0 Å². The van der Waals surface area contributed by atoms with E-state index in [1.165, 1.54) is 18.7 Å². The first-order chi connectivity index (χ1) is 5.38. The van der Waals surface area contributed by atoms with Gasteiger partial charge in [-0.05, 0) is 6.42 Å². The molecule has 11 heavy (non-hydrogen) atoms. The number of rotatable bonds is 4. The molecule has 0 amide bonds. The molecule has 0 aliphatic heterocycles. The van der Waals surface area contributed by atoms with E-state index in [1.54, 1.807) is 0 Å². The van der Waals surface area contributed by atoms with E-state index in [-0.39, 0.29) is 0 Å². The van der Waals surface area contributed by atoms with Crippen LogP contribution in [0.2, 0.25) is 0 Å². The van der Waals surface area contributed by atoms with E-state index in [0.29, 0.717) is 0 Å². The fraction of sp³-hybridized carbons (Fsp3) is 0.444. The van der Waals surface area contributed by atoms with Crippen LogP contribution in [-0.2, 0) is 6.42 Å². The van der Waals surface area contributed by atoms with E-state index in [9.17, 15) is 0 Å². The van der Waals surface area contributed by atoms with Crippen LogP contribution in [0.4, 0.5) is 0 Å². The standard InChI is InChI=1S/C9H14N2/c1-3-5-6-9-10-7-8-11(9)4-2/h4,7-8H,2-3,5-6H2,1H3/p+1. The zero-order chi connectivity index (χ0) is 8.10. The molecule has 0 aliphatic rings. The van der Waals surface area contributed by atoms with Crippen LogP contribution in [-0.4, -0.2) is 4.98 Å². The molecule has 60 valence electrons. The SMILES string of the molecule is C=C[n+]1cc[nH]c1CCCC. The van der Waals surface area contributed by atoms with E-state index in [4.69, 9.17) is 0 Å². The van der Waals surface area contributed by atoms with Crippen molar-refractivity contribution in [1.82, 2.24) is 4.98 Å². The average molecular weight is 151 g/mol. The highest BCUT2D eigenvalue weighted by Gasteiger charge is 2.05. The molecule has 0 saturated heterocycles. The maximum absolute atomic E-state index is 3.71. The van der Waals surface area contributed by atoms with Crippen LogP contribution < -0.4 is 4.57 Å². The minimum Gasteiger partial charge on any atom is -0.247 e. The second-order valence-corrected chi connectivity index (χ2v) is 2.60. The lowest BCUT2D eigenvalue weighted by atomic mass is 10.2. The van der Waals surface area contributed by atoms with Gasteiger partial charge in [-0.25, -0.2) is 9.55 Å². The van der Waals surface area contributed by atoms with Crippen LogP contribution in [0.15, 0.2) is 19.0 Å². The van der Waals surface area contributed by atoms with Crippen LogP contribution in [0.3, 0.4) is 0 Å². The Labute approximate surface area is 67.6 Å². The van der Waals surface area contributed by atoms with Gasteiger partial charge in [0.2, 0.25) is 0 Å². The molecule has 0 unspecified atom stereocenters. The summed E-state index contributed by atoms with van der Waals surface area (Å²) in [6, 6.07) is 0. The van der Waals surface area contributed by atoms with Crippen LogP contribution in [0.5, 0.6) is 0 Å². The predicted octanol–water partition coefficient (Wildman–Crippen LogP) is 1.75. The summed E-state index contributed by atoms with van der Waals surface area (Å²) in [4.78, 5) is 3.18. The zero-order valence-electron chi connectivity index (χ0n) is 7.01. The largest absolute Gasteiger partial charge is 0.258 e. The smallest absolute Gasteiger partial charge is 0.247 e. The summed E-state index contributed by atoms with van der Waals surface area (Å²) in [6.45, 7) is 5.91. The van der Waals surface area contributed by atoms with Crippen molar-refractivity contribution in [2.24, 2.45) is 0 Å². The van der Waals surface area contributed by atoms with Gasteiger partial charge in [0.05, 0.1) is 6.20 Å². The Balaban J connectivity index is 2.61. The second-order valence-electron chi connectivity index (χ2n) is 2.60. The first-order valence-electron chi connectivity index (χ1n) is 4.08. The molecule has 0 aliphatic carbocycles. The van der Waals surface area contributed by atoms with E-state index in [1.807, 2.05) is 23.2 Å². The van der Waals surface area contributed by atoms with Gasteiger partial charge in [0.1, 0.15) is 12.4 Å². The van der Waals surface area contributed by atoms with Crippen molar-refractivity contribution in [3.8, 4) is 0 Å². The van der Waals surface area contributed by atoms with Gasteiger partial charge in [-0.15, -0.1) is 0 Å². The molecule has 0 atom stereocenters.